The van der Waals surface area contributed by atoms with E-state index < -0.39 is 0 Å². The zero-order chi connectivity index (χ0) is 20.4. The first-order valence-corrected chi connectivity index (χ1v) is 8.79. The Bertz CT molecular complexity index is 1130. The van der Waals surface area contributed by atoms with Crippen molar-refractivity contribution in [1.82, 2.24) is 25.1 Å². The fourth-order valence-electron chi connectivity index (χ4n) is 2.89. The fourth-order valence-corrected chi connectivity index (χ4v) is 2.89. The van der Waals surface area contributed by atoms with Crippen molar-refractivity contribution in [3.63, 3.8) is 0 Å². The molecule has 8 nitrogen and oxygen atoms in total. The Morgan fingerprint density at radius 1 is 1.07 bits per heavy atom. The molecule has 4 rings (SSSR count). The molecule has 0 aliphatic carbocycles. The van der Waals surface area contributed by atoms with E-state index >= 15 is 0 Å². The molecule has 148 valence electrons. The highest BCUT2D eigenvalue weighted by atomic mass is 19.1. The third kappa shape index (κ3) is 3.79. The van der Waals surface area contributed by atoms with E-state index in [1.54, 1.807) is 43.2 Å². The monoisotopic (exact) mass is 395 g/mol. The van der Waals surface area contributed by atoms with E-state index in [0.717, 1.165) is 11.3 Å². The number of aromatic nitrogens is 5. The van der Waals surface area contributed by atoms with Crippen LogP contribution < -0.4 is 9.47 Å². The van der Waals surface area contributed by atoms with Crippen molar-refractivity contribution in [2.45, 2.75) is 13.5 Å². The average Bonchev–Trinajstić information content (AvgIpc) is 3.35. The molecule has 0 unspecified atom stereocenters. The molecule has 0 fully saturated rings. The highest BCUT2D eigenvalue weighted by Gasteiger charge is 2.19. The lowest BCUT2D eigenvalue weighted by Crippen LogP contribution is -2.04. The molecular weight excluding hydrogens is 377 g/mol. The summed E-state index contributed by atoms with van der Waals surface area (Å²) in [6.07, 6.45) is 0. The number of hydrogen-bond donors (Lipinski definition) is 0. The van der Waals surface area contributed by atoms with Crippen molar-refractivity contribution in [2.75, 3.05) is 14.2 Å². The van der Waals surface area contributed by atoms with Gasteiger partial charge in [0.25, 0.3) is 5.89 Å². The third-order valence-corrected chi connectivity index (χ3v) is 4.44. The van der Waals surface area contributed by atoms with Crippen LogP contribution in [0.1, 0.15) is 11.3 Å². The Labute approximate surface area is 165 Å². The molecule has 0 aliphatic heterocycles. The number of methoxy groups -OCH3 is 2. The summed E-state index contributed by atoms with van der Waals surface area (Å²) in [5.41, 5.74) is 2.67. The van der Waals surface area contributed by atoms with Gasteiger partial charge in [0.2, 0.25) is 5.82 Å². The molecule has 0 N–H and O–H groups in total. The zero-order valence-corrected chi connectivity index (χ0v) is 16.1. The summed E-state index contributed by atoms with van der Waals surface area (Å²) in [5.74, 6) is 1.53. The SMILES string of the molecule is COc1cc(OC)cc(-c2nc(-c3nnn(Cc4cccc(F)c4)c3C)no2)c1. The van der Waals surface area contributed by atoms with Crippen LogP contribution in [0.2, 0.25) is 0 Å². The van der Waals surface area contributed by atoms with Gasteiger partial charge >= 0.3 is 0 Å². The topological polar surface area (TPSA) is 88.1 Å². The van der Waals surface area contributed by atoms with Crippen LogP contribution in [-0.2, 0) is 6.54 Å². The molecule has 0 saturated heterocycles. The Kier molecular flexibility index (Phi) is 4.94. The molecule has 0 bridgehead atoms. The van der Waals surface area contributed by atoms with Crippen molar-refractivity contribution < 1.29 is 18.4 Å². The smallest absolute Gasteiger partial charge is 0.258 e. The largest absolute Gasteiger partial charge is 0.497 e. The second-order valence-corrected chi connectivity index (χ2v) is 6.34. The molecule has 0 amide bonds. The average molecular weight is 395 g/mol. The number of ether oxygens (including phenoxy) is 2. The Morgan fingerprint density at radius 2 is 1.83 bits per heavy atom. The van der Waals surface area contributed by atoms with E-state index in [4.69, 9.17) is 14.0 Å². The van der Waals surface area contributed by atoms with Gasteiger partial charge in [0.1, 0.15) is 17.3 Å². The van der Waals surface area contributed by atoms with Crippen molar-refractivity contribution in [3.8, 4) is 34.5 Å². The van der Waals surface area contributed by atoms with Gasteiger partial charge in [-0.15, -0.1) is 5.10 Å². The summed E-state index contributed by atoms with van der Waals surface area (Å²) < 4.78 is 31.0. The van der Waals surface area contributed by atoms with Gasteiger partial charge in [0.15, 0.2) is 5.69 Å². The van der Waals surface area contributed by atoms with Gasteiger partial charge in [-0.3, -0.25) is 0 Å². The lowest BCUT2D eigenvalue weighted by Gasteiger charge is -2.05. The van der Waals surface area contributed by atoms with Crippen LogP contribution in [0.25, 0.3) is 23.0 Å². The van der Waals surface area contributed by atoms with E-state index in [0.29, 0.717) is 41.0 Å². The van der Waals surface area contributed by atoms with Crippen molar-refractivity contribution >= 4 is 0 Å². The van der Waals surface area contributed by atoms with Gasteiger partial charge in [-0.2, -0.15) is 4.98 Å². The number of benzene rings is 2. The first kappa shape index (κ1) is 18.6. The molecule has 0 spiro atoms. The van der Waals surface area contributed by atoms with Crippen LogP contribution in [0, 0.1) is 12.7 Å². The number of nitrogens with zero attached hydrogens (tertiary/aromatic N) is 5. The molecule has 0 saturated carbocycles. The van der Waals surface area contributed by atoms with Crippen molar-refractivity contribution in [2.24, 2.45) is 0 Å². The van der Waals surface area contributed by atoms with Crippen LogP contribution in [0.15, 0.2) is 47.0 Å². The molecule has 0 radical (unpaired) electrons. The summed E-state index contributed by atoms with van der Waals surface area (Å²) in [4.78, 5) is 4.43. The molecule has 2 aromatic carbocycles. The second-order valence-electron chi connectivity index (χ2n) is 6.34. The summed E-state index contributed by atoms with van der Waals surface area (Å²) in [5, 5.41) is 12.3. The predicted molar refractivity (Wildman–Crippen MR) is 102 cm³/mol. The molecule has 0 aliphatic rings. The predicted octanol–water partition coefficient (Wildman–Crippen LogP) is 3.51. The highest BCUT2D eigenvalue weighted by Crippen LogP contribution is 2.30. The van der Waals surface area contributed by atoms with Crippen LogP contribution in [0.3, 0.4) is 0 Å². The Morgan fingerprint density at radius 3 is 2.52 bits per heavy atom. The van der Waals surface area contributed by atoms with E-state index in [2.05, 4.69) is 20.5 Å². The van der Waals surface area contributed by atoms with Gasteiger partial charge in [-0.25, -0.2) is 9.07 Å². The van der Waals surface area contributed by atoms with Crippen molar-refractivity contribution in [3.05, 3.63) is 59.5 Å². The van der Waals surface area contributed by atoms with Gasteiger partial charge in [-0.05, 0) is 36.8 Å². The van der Waals surface area contributed by atoms with Crippen LogP contribution >= 0.6 is 0 Å². The number of halogens is 1. The normalized spacial score (nSPS) is 10.9. The quantitative estimate of drug-likeness (QED) is 0.494. The third-order valence-electron chi connectivity index (χ3n) is 4.44. The first-order chi connectivity index (χ1) is 14.1. The van der Waals surface area contributed by atoms with E-state index in [1.807, 2.05) is 13.0 Å². The standard InChI is InChI=1S/C20H18FN5O3/c1-12-18(23-25-26(12)11-13-5-4-6-15(21)7-13)19-22-20(29-24-19)14-8-16(27-2)10-17(9-14)28-3/h4-10H,11H2,1-3H3. The molecule has 2 heterocycles. The zero-order valence-electron chi connectivity index (χ0n) is 16.1. The van der Waals surface area contributed by atoms with Gasteiger partial charge in [0, 0.05) is 11.6 Å². The minimum Gasteiger partial charge on any atom is -0.497 e. The molecule has 2 aromatic heterocycles. The first-order valence-electron chi connectivity index (χ1n) is 8.79. The van der Waals surface area contributed by atoms with Gasteiger partial charge in [-0.1, -0.05) is 22.5 Å². The molecule has 4 aromatic rings. The van der Waals surface area contributed by atoms with E-state index in [1.165, 1.54) is 12.1 Å². The Hall–Kier alpha value is -3.75. The Balaban J connectivity index is 1.63. The summed E-state index contributed by atoms with van der Waals surface area (Å²) >= 11 is 0. The van der Waals surface area contributed by atoms with E-state index in [-0.39, 0.29) is 5.82 Å². The van der Waals surface area contributed by atoms with Crippen LogP contribution in [0.4, 0.5) is 4.39 Å². The maximum atomic E-state index is 13.4. The molecule has 9 heteroatoms. The number of hydrogen-bond acceptors (Lipinski definition) is 7. The van der Waals surface area contributed by atoms with E-state index in [9.17, 15) is 4.39 Å². The maximum Gasteiger partial charge on any atom is 0.258 e. The second kappa shape index (κ2) is 7.70. The fraction of sp³-hybridized carbons (Fsp3) is 0.200. The summed E-state index contributed by atoms with van der Waals surface area (Å²) in [6.45, 7) is 2.23. The summed E-state index contributed by atoms with van der Waals surface area (Å²) in [6, 6.07) is 11.6. The minimum atomic E-state index is -0.294. The van der Waals surface area contributed by atoms with Gasteiger partial charge < -0.3 is 14.0 Å². The lowest BCUT2D eigenvalue weighted by atomic mass is 10.2. The number of rotatable bonds is 6. The highest BCUT2D eigenvalue weighted by molar-refractivity contribution is 5.62. The molecule has 29 heavy (non-hydrogen) atoms. The molecule has 0 atom stereocenters. The maximum absolute atomic E-state index is 13.4. The van der Waals surface area contributed by atoms with Crippen molar-refractivity contribution in [1.29, 1.82) is 0 Å². The lowest BCUT2D eigenvalue weighted by molar-refractivity contribution is 0.393. The van der Waals surface area contributed by atoms with Crippen LogP contribution in [-0.4, -0.2) is 39.4 Å². The minimum absolute atomic E-state index is 0.294. The van der Waals surface area contributed by atoms with Gasteiger partial charge in [0.05, 0.1) is 26.5 Å². The summed E-state index contributed by atoms with van der Waals surface area (Å²) in [7, 11) is 3.14. The molecular formula is C20H18FN5O3. The van der Waals surface area contributed by atoms with Crippen LogP contribution in [0.5, 0.6) is 11.5 Å².